The van der Waals surface area contributed by atoms with Crippen LogP contribution in [0.4, 0.5) is 0 Å². The zero-order valence-corrected chi connectivity index (χ0v) is 15.5. The van der Waals surface area contributed by atoms with Crippen molar-refractivity contribution in [3.05, 3.63) is 23.8 Å². The summed E-state index contributed by atoms with van der Waals surface area (Å²) in [7, 11) is 1.62. The van der Waals surface area contributed by atoms with Gasteiger partial charge in [-0.1, -0.05) is 6.07 Å². The number of rotatable bonds is 6. The molecule has 0 aromatic heterocycles. The molecule has 0 bridgehead atoms. The highest BCUT2D eigenvalue weighted by molar-refractivity contribution is 6.53. The lowest BCUT2D eigenvalue weighted by Crippen LogP contribution is -2.32. The Morgan fingerprint density at radius 2 is 1.96 bits per heavy atom. The zero-order chi connectivity index (χ0) is 17.4. The van der Waals surface area contributed by atoms with Crippen molar-refractivity contribution in [3.63, 3.8) is 0 Å². The molecular formula is C18H23Cl2NO3. The standard InChI is InChI=1S/C18H23Cl2NO3/c1-17(11-18(17,19)20)16(22)21-10-12-7-8-14(15(9-12)23-2)24-13-5-3-4-6-13/h7-9,13H,3-6,10-11H2,1-2H3,(H,21,22). The van der Waals surface area contributed by atoms with Crippen LogP contribution in [0.25, 0.3) is 0 Å². The van der Waals surface area contributed by atoms with E-state index in [-0.39, 0.29) is 12.0 Å². The third-order valence-electron chi connectivity index (χ3n) is 5.04. The van der Waals surface area contributed by atoms with Crippen LogP contribution in [-0.4, -0.2) is 23.5 Å². The molecule has 2 saturated carbocycles. The van der Waals surface area contributed by atoms with Gasteiger partial charge in [-0.05, 0) is 56.7 Å². The average Bonchev–Trinajstić information content (AvgIpc) is 2.92. The SMILES string of the molecule is COc1cc(CNC(=O)C2(C)CC2(Cl)Cl)ccc1OC1CCCC1. The third kappa shape index (κ3) is 3.45. The van der Waals surface area contributed by atoms with E-state index in [1.54, 1.807) is 14.0 Å². The Hall–Kier alpha value is -1.13. The summed E-state index contributed by atoms with van der Waals surface area (Å²) in [5, 5.41) is 2.90. The molecule has 1 aromatic carbocycles. The van der Waals surface area contributed by atoms with E-state index in [1.807, 2.05) is 18.2 Å². The lowest BCUT2D eigenvalue weighted by molar-refractivity contribution is -0.125. The molecule has 0 spiro atoms. The molecule has 0 radical (unpaired) electrons. The van der Waals surface area contributed by atoms with Crippen LogP contribution >= 0.6 is 23.2 Å². The first-order valence-corrected chi connectivity index (χ1v) is 9.11. The van der Waals surface area contributed by atoms with Crippen LogP contribution in [-0.2, 0) is 11.3 Å². The summed E-state index contributed by atoms with van der Waals surface area (Å²) in [6.45, 7) is 2.18. The first-order valence-electron chi connectivity index (χ1n) is 8.35. The molecule has 1 atom stereocenters. The smallest absolute Gasteiger partial charge is 0.229 e. The molecule has 0 saturated heterocycles. The van der Waals surface area contributed by atoms with Crippen LogP contribution in [0.3, 0.4) is 0 Å². The minimum Gasteiger partial charge on any atom is -0.493 e. The van der Waals surface area contributed by atoms with Crippen molar-refractivity contribution in [2.75, 3.05) is 7.11 Å². The van der Waals surface area contributed by atoms with E-state index in [1.165, 1.54) is 12.8 Å². The molecule has 1 N–H and O–H groups in total. The van der Waals surface area contributed by atoms with Gasteiger partial charge in [0.05, 0.1) is 18.6 Å². The van der Waals surface area contributed by atoms with Gasteiger partial charge in [0.2, 0.25) is 5.91 Å². The third-order valence-corrected chi connectivity index (χ3v) is 6.14. The van der Waals surface area contributed by atoms with Crippen LogP contribution in [0.15, 0.2) is 18.2 Å². The van der Waals surface area contributed by atoms with Gasteiger partial charge in [-0.15, -0.1) is 23.2 Å². The van der Waals surface area contributed by atoms with Crippen LogP contribution < -0.4 is 14.8 Å². The van der Waals surface area contributed by atoms with Crippen LogP contribution in [0.5, 0.6) is 11.5 Å². The summed E-state index contributed by atoms with van der Waals surface area (Å²) in [6, 6.07) is 5.75. The fraction of sp³-hybridized carbons (Fsp3) is 0.611. The first-order chi connectivity index (χ1) is 11.4. The summed E-state index contributed by atoms with van der Waals surface area (Å²) in [4.78, 5) is 12.2. The van der Waals surface area contributed by atoms with E-state index in [0.29, 0.717) is 18.7 Å². The summed E-state index contributed by atoms with van der Waals surface area (Å²) in [5.41, 5.74) is 0.240. The van der Waals surface area contributed by atoms with Gasteiger partial charge in [0.1, 0.15) is 4.33 Å². The Morgan fingerprint density at radius 1 is 1.29 bits per heavy atom. The number of hydrogen-bond donors (Lipinski definition) is 1. The number of carbonyl (C=O) groups is 1. The number of amides is 1. The minimum atomic E-state index is -0.951. The predicted octanol–water partition coefficient (Wildman–Crippen LogP) is 4.22. The fourth-order valence-electron chi connectivity index (χ4n) is 3.13. The Morgan fingerprint density at radius 3 is 2.54 bits per heavy atom. The van der Waals surface area contributed by atoms with Crippen LogP contribution in [0.2, 0.25) is 0 Å². The lowest BCUT2D eigenvalue weighted by Gasteiger charge is -2.17. The molecule has 2 aliphatic rings. The van der Waals surface area contributed by atoms with Gasteiger partial charge < -0.3 is 14.8 Å². The maximum atomic E-state index is 12.2. The predicted molar refractivity (Wildman–Crippen MR) is 94.9 cm³/mol. The number of carbonyl (C=O) groups excluding carboxylic acids is 1. The van der Waals surface area contributed by atoms with Crippen molar-refractivity contribution >= 4 is 29.1 Å². The number of halogens is 2. The second-order valence-corrected chi connectivity index (χ2v) is 8.39. The van der Waals surface area contributed by atoms with Gasteiger partial charge in [-0.3, -0.25) is 4.79 Å². The number of ether oxygens (including phenoxy) is 2. The fourth-order valence-corrected chi connectivity index (χ4v) is 3.83. The molecule has 132 valence electrons. The number of benzene rings is 1. The second kappa shape index (κ2) is 6.64. The highest BCUT2D eigenvalue weighted by atomic mass is 35.5. The number of methoxy groups -OCH3 is 1. The van der Waals surface area contributed by atoms with E-state index in [4.69, 9.17) is 32.7 Å². The molecule has 2 fully saturated rings. The summed E-state index contributed by atoms with van der Waals surface area (Å²) < 4.78 is 10.5. The highest BCUT2D eigenvalue weighted by Crippen LogP contribution is 2.63. The summed E-state index contributed by atoms with van der Waals surface area (Å²) in [5.74, 6) is 1.32. The molecule has 1 aromatic rings. The van der Waals surface area contributed by atoms with Gasteiger partial charge in [0.15, 0.2) is 11.5 Å². The maximum Gasteiger partial charge on any atom is 0.229 e. The average molecular weight is 372 g/mol. The van der Waals surface area contributed by atoms with E-state index >= 15 is 0 Å². The summed E-state index contributed by atoms with van der Waals surface area (Å²) >= 11 is 12.1. The molecule has 3 rings (SSSR count). The molecule has 0 aliphatic heterocycles. The molecule has 24 heavy (non-hydrogen) atoms. The molecule has 1 unspecified atom stereocenters. The maximum absolute atomic E-state index is 12.2. The lowest BCUT2D eigenvalue weighted by atomic mass is 10.1. The van der Waals surface area contributed by atoms with E-state index < -0.39 is 9.75 Å². The monoisotopic (exact) mass is 371 g/mol. The van der Waals surface area contributed by atoms with Crippen molar-refractivity contribution in [1.82, 2.24) is 5.32 Å². The molecule has 6 heteroatoms. The quantitative estimate of drug-likeness (QED) is 0.761. The van der Waals surface area contributed by atoms with E-state index in [2.05, 4.69) is 5.32 Å². The zero-order valence-electron chi connectivity index (χ0n) is 14.0. The van der Waals surface area contributed by atoms with Crippen LogP contribution in [0, 0.1) is 5.41 Å². The topological polar surface area (TPSA) is 47.6 Å². The molecular weight excluding hydrogens is 349 g/mol. The van der Waals surface area contributed by atoms with Crippen molar-refractivity contribution in [3.8, 4) is 11.5 Å². The normalized spacial score (nSPS) is 25.3. The van der Waals surface area contributed by atoms with E-state index in [9.17, 15) is 4.79 Å². The largest absolute Gasteiger partial charge is 0.493 e. The van der Waals surface area contributed by atoms with Crippen molar-refractivity contribution in [2.45, 2.75) is 56.0 Å². The Kier molecular flexibility index (Phi) is 4.89. The van der Waals surface area contributed by atoms with Crippen LogP contribution in [0.1, 0.15) is 44.6 Å². The van der Waals surface area contributed by atoms with Gasteiger partial charge in [-0.2, -0.15) is 0 Å². The number of hydrogen-bond acceptors (Lipinski definition) is 3. The molecule has 4 nitrogen and oxygen atoms in total. The Balaban J connectivity index is 1.61. The highest BCUT2D eigenvalue weighted by Gasteiger charge is 2.67. The Labute approximate surface area is 152 Å². The molecule has 0 heterocycles. The first kappa shape index (κ1) is 17.7. The van der Waals surface area contributed by atoms with Gasteiger partial charge in [0, 0.05) is 6.54 Å². The van der Waals surface area contributed by atoms with Crippen molar-refractivity contribution in [2.24, 2.45) is 5.41 Å². The number of alkyl halides is 2. The van der Waals surface area contributed by atoms with Gasteiger partial charge >= 0.3 is 0 Å². The number of nitrogens with one attached hydrogen (secondary N) is 1. The van der Waals surface area contributed by atoms with E-state index in [0.717, 1.165) is 24.2 Å². The van der Waals surface area contributed by atoms with Crippen molar-refractivity contribution in [1.29, 1.82) is 0 Å². The van der Waals surface area contributed by atoms with Gasteiger partial charge in [0.25, 0.3) is 0 Å². The van der Waals surface area contributed by atoms with Crippen molar-refractivity contribution < 1.29 is 14.3 Å². The molecule has 2 aliphatic carbocycles. The Bertz CT molecular complexity index is 629. The second-order valence-electron chi connectivity index (χ2n) is 6.91. The summed E-state index contributed by atoms with van der Waals surface area (Å²) in [6.07, 6.45) is 5.39. The van der Waals surface area contributed by atoms with Gasteiger partial charge in [-0.25, -0.2) is 0 Å². The molecule has 1 amide bonds. The minimum absolute atomic E-state index is 0.127.